The molecule has 0 aliphatic rings. The molecule has 0 aliphatic heterocycles. The number of hydrogen-bond acceptors (Lipinski definition) is 4. The highest BCUT2D eigenvalue weighted by atomic mass is 19.1. The molecular formula is C11H14FN5. The minimum atomic E-state index is -0.408. The summed E-state index contributed by atoms with van der Waals surface area (Å²) in [5, 5.41) is 7.16. The lowest BCUT2D eigenvalue weighted by Gasteiger charge is -2.06. The minimum Gasteiger partial charge on any atom is -0.363 e. The molecule has 2 rings (SSSR count). The predicted molar refractivity (Wildman–Crippen MR) is 62.0 cm³/mol. The van der Waals surface area contributed by atoms with Gasteiger partial charge in [-0.3, -0.25) is 4.68 Å². The number of nitrogens with one attached hydrogen (secondary N) is 1. The molecule has 0 bridgehead atoms. The quantitative estimate of drug-likeness (QED) is 0.877. The predicted octanol–water partition coefficient (Wildman–Crippen LogP) is 1.58. The molecule has 17 heavy (non-hydrogen) atoms. The molecule has 2 heterocycles. The topological polar surface area (TPSA) is 55.6 Å². The summed E-state index contributed by atoms with van der Waals surface area (Å²) in [6.07, 6.45) is 3.24. The summed E-state index contributed by atoms with van der Waals surface area (Å²) in [5.41, 5.74) is 2.28. The lowest BCUT2D eigenvalue weighted by Crippen LogP contribution is -2.06. The molecule has 0 saturated heterocycles. The molecule has 2 aromatic heterocycles. The summed E-state index contributed by atoms with van der Waals surface area (Å²) in [7, 11) is 1.85. The van der Waals surface area contributed by atoms with Crippen LogP contribution in [0.1, 0.15) is 17.0 Å². The van der Waals surface area contributed by atoms with E-state index in [1.54, 1.807) is 11.6 Å². The molecule has 0 saturated carbocycles. The fraction of sp³-hybridized carbons (Fsp3) is 0.364. The van der Waals surface area contributed by atoms with Crippen LogP contribution in [0.25, 0.3) is 0 Å². The van der Waals surface area contributed by atoms with Crippen LogP contribution in [0.3, 0.4) is 0 Å². The SMILES string of the molecule is Cc1nn(C)cc1CNc1ncnc(C)c1F. The van der Waals surface area contributed by atoms with Crippen molar-refractivity contribution in [1.29, 1.82) is 0 Å². The van der Waals surface area contributed by atoms with Crippen molar-refractivity contribution in [2.45, 2.75) is 20.4 Å². The number of aryl methyl sites for hydroxylation is 3. The first-order valence-electron chi connectivity index (χ1n) is 5.28. The summed E-state index contributed by atoms with van der Waals surface area (Å²) in [5.74, 6) is -0.185. The Morgan fingerprint density at radius 3 is 2.71 bits per heavy atom. The molecule has 2 aromatic rings. The van der Waals surface area contributed by atoms with Crippen LogP contribution in [0.15, 0.2) is 12.5 Å². The smallest absolute Gasteiger partial charge is 0.186 e. The van der Waals surface area contributed by atoms with E-state index in [0.29, 0.717) is 12.2 Å². The van der Waals surface area contributed by atoms with Crippen molar-refractivity contribution in [1.82, 2.24) is 19.7 Å². The van der Waals surface area contributed by atoms with Crippen LogP contribution in [0.5, 0.6) is 0 Å². The van der Waals surface area contributed by atoms with Crippen LogP contribution in [0.2, 0.25) is 0 Å². The Morgan fingerprint density at radius 2 is 2.06 bits per heavy atom. The number of nitrogens with zero attached hydrogens (tertiary/aromatic N) is 4. The zero-order chi connectivity index (χ0) is 12.4. The second-order valence-electron chi connectivity index (χ2n) is 3.89. The van der Waals surface area contributed by atoms with E-state index >= 15 is 0 Å². The van der Waals surface area contributed by atoms with Gasteiger partial charge in [-0.05, 0) is 13.8 Å². The molecule has 0 unspecified atom stereocenters. The van der Waals surface area contributed by atoms with Gasteiger partial charge in [-0.15, -0.1) is 0 Å². The zero-order valence-electron chi connectivity index (χ0n) is 10.0. The molecule has 90 valence electrons. The molecule has 0 amide bonds. The van der Waals surface area contributed by atoms with Gasteiger partial charge in [0.15, 0.2) is 11.6 Å². The fourth-order valence-electron chi connectivity index (χ4n) is 1.58. The lowest BCUT2D eigenvalue weighted by molar-refractivity contribution is 0.604. The highest BCUT2D eigenvalue weighted by Crippen LogP contribution is 2.13. The lowest BCUT2D eigenvalue weighted by atomic mass is 10.2. The number of rotatable bonds is 3. The molecule has 1 N–H and O–H groups in total. The first-order valence-corrected chi connectivity index (χ1v) is 5.28. The van der Waals surface area contributed by atoms with Crippen LogP contribution in [-0.2, 0) is 13.6 Å². The van der Waals surface area contributed by atoms with Gasteiger partial charge in [0.05, 0.1) is 11.4 Å². The molecule has 0 spiro atoms. The Bertz CT molecular complexity index is 535. The van der Waals surface area contributed by atoms with E-state index in [-0.39, 0.29) is 5.82 Å². The van der Waals surface area contributed by atoms with E-state index in [1.165, 1.54) is 6.33 Å². The Morgan fingerprint density at radius 1 is 1.29 bits per heavy atom. The van der Waals surface area contributed by atoms with Gasteiger partial charge in [0.25, 0.3) is 0 Å². The molecule has 6 heteroatoms. The van der Waals surface area contributed by atoms with Gasteiger partial charge in [-0.25, -0.2) is 14.4 Å². The van der Waals surface area contributed by atoms with Crippen molar-refractivity contribution in [3.8, 4) is 0 Å². The summed E-state index contributed by atoms with van der Waals surface area (Å²) in [4.78, 5) is 7.64. The molecular weight excluding hydrogens is 221 g/mol. The highest BCUT2D eigenvalue weighted by molar-refractivity contribution is 5.38. The van der Waals surface area contributed by atoms with Gasteiger partial charge in [-0.1, -0.05) is 0 Å². The molecule has 0 atom stereocenters. The van der Waals surface area contributed by atoms with Gasteiger partial charge in [0.2, 0.25) is 0 Å². The van der Waals surface area contributed by atoms with Crippen molar-refractivity contribution < 1.29 is 4.39 Å². The Labute approximate surface area is 98.7 Å². The normalized spacial score (nSPS) is 10.6. The second-order valence-corrected chi connectivity index (χ2v) is 3.89. The van der Waals surface area contributed by atoms with E-state index in [1.807, 2.05) is 20.2 Å². The van der Waals surface area contributed by atoms with E-state index in [9.17, 15) is 4.39 Å². The van der Waals surface area contributed by atoms with Gasteiger partial charge < -0.3 is 5.32 Å². The maximum atomic E-state index is 13.6. The third kappa shape index (κ3) is 2.41. The molecule has 0 aromatic carbocycles. The molecule has 0 radical (unpaired) electrons. The third-order valence-corrected chi connectivity index (χ3v) is 2.53. The highest BCUT2D eigenvalue weighted by Gasteiger charge is 2.08. The third-order valence-electron chi connectivity index (χ3n) is 2.53. The van der Waals surface area contributed by atoms with Crippen LogP contribution >= 0.6 is 0 Å². The molecule has 0 aliphatic carbocycles. The summed E-state index contributed by atoms with van der Waals surface area (Å²) >= 11 is 0. The van der Waals surface area contributed by atoms with Gasteiger partial charge in [-0.2, -0.15) is 5.10 Å². The second kappa shape index (κ2) is 4.48. The summed E-state index contributed by atoms with van der Waals surface area (Å²) < 4.78 is 15.3. The standard InChI is InChI=1S/C11H14FN5/c1-7-9(5-17(3)16-7)4-13-11-10(12)8(2)14-6-15-11/h5-6H,4H2,1-3H3,(H,13,14,15). The van der Waals surface area contributed by atoms with Gasteiger partial charge in [0.1, 0.15) is 6.33 Å². The van der Waals surface area contributed by atoms with Crippen molar-refractivity contribution in [2.24, 2.45) is 7.05 Å². The molecule has 0 fully saturated rings. The number of halogens is 1. The molecule has 5 nitrogen and oxygen atoms in total. The van der Waals surface area contributed by atoms with Crippen molar-refractivity contribution >= 4 is 5.82 Å². The Balaban J connectivity index is 2.12. The van der Waals surface area contributed by atoms with Gasteiger partial charge >= 0.3 is 0 Å². The largest absolute Gasteiger partial charge is 0.363 e. The average Bonchev–Trinajstić information content (AvgIpc) is 2.60. The monoisotopic (exact) mass is 235 g/mol. The first-order chi connectivity index (χ1) is 8.08. The first kappa shape index (κ1) is 11.5. The van der Waals surface area contributed by atoms with E-state index < -0.39 is 5.82 Å². The van der Waals surface area contributed by atoms with E-state index in [0.717, 1.165) is 11.3 Å². The maximum absolute atomic E-state index is 13.6. The maximum Gasteiger partial charge on any atom is 0.186 e. The average molecular weight is 235 g/mol. The number of aromatic nitrogens is 4. The Kier molecular flexibility index (Phi) is 3.03. The fourth-order valence-corrected chi connectivity index (χ4v) is 1.58. The van der Waals surface area contributed by atoms with E-state index in [4.69, 9.17) is 0 Å². The number of anilines is 1. The van der Waals surface area contributed by atoms with Crippen LogP contribution in [0, 0.1) is 19.7 Å². The Hall–Kier alpha value is -1.98. The zero-order valence-corrected chi connectivity index (χ0v) is 10.0. The van der Waals surface area contributed by atoms with Crippen molar-refractivity contribution in [3.63, 3.8) is 0 Å². The summed E-state index contributed by atoms with van der Waals surface area (Å²) in [6.45, 7) is 4.02. The minimum absolute atomic E-state index is 0.223. The van der Waals surface area contributed by atoms with E-state index in [2.05, 4.69) is 20.4 Å². The van der Waals surface area contributed by atoms with Crippen LogP contribution in [0.4, 0.5) is 10.2 Å². The van der Waals surface area contributed by atoms with Crippen molar-refractivity contribution in [2.75, 3.05) is 5.32 Å². The number of hydrogen-bond donors (Lipinski definition) is 1. The van der Waals surface area contributed by atoms with Crippen molar-refractivity contribution in [3.05, 3.63) is 35.3 Å². The van der Waals surface area contributed by atoms with Crippen LogP contribution < -0.4 is 5.32 Å². The van der Waals surface area contributed by atoms with Crippen LogP contribution in [-0.4, -0.2) is 19.7 Å². The summed E-state index contributed by atoms with van der Waals surface area (Å²) in [6, 6.07) is 0. The van der Waals surface area contributed by atoms with Gasteiger partial charge in [0, 0.05) is 25.4 Å².